The van der Waals surface area contributed by atoms with Crippen molar-refractivity contribution in [1.29, 1.82) is 0 Å². The molecule has 0 aliphatic heterocycles. The monoisotopic (exact) mass is 319 g/mol. The van der Waals surface area contributed by atoms with Gasteiger partial charge in [0, 0.05) is 0 Å². The normalized spacial score (nSPS) is 15.9. The fraction of sp³-hybridized carbons (Fsp3) is 0.500. The lowest BCUT2D eigenvalue weighted by Gasteiger charge is -2.05. The number of aromatic nitrogens is 3. The molecule has 0 radical (unpaired) electrons. The van der Waals surface area contributed by atoms with Crippen molar-refractivity contribution in [1.82, 2.24) is 14.8 Å². The molecule has 1 fully saturated rings. The van der Waals surface area contributed by atoms with E-state index in [9.17, 15) is 10.2 Å². The molecule has 0 spiro atoms. The number of aliphatic hydroxyl groups is 2. The first-order valence-corrected chi connectivity index (χ1v) is 8.78. The third-order valence-corrected chi connectivity index (χ3v) is 4.89. The molecular weight excluding hydrogens is 298 g/mol. The van der Waals surface area contributed by atoms with Crippen LogP contribution in [0.3, 0.4) is 0 Å². The third kappa shape index (κ3) is 3.88. The Hall–Kier alpha value is -1.37. The van der Waals surface area contributed by atoms with Gasteiger partial charge >= 0.3 is 0 Å². The highest BCUT2D eigenvalue weighted by Gasteiger charge is 2.22. The van der Waals surface area contributed by atoms with Gasteiger partial charge in [-0.3, -0.25) is 0 Å². The average molecular weight is 319 g/mol. The summed E-state index contributed by atoms with van der Waals surface area (Å²) in [6.45, 7) is 0.429. The highest BCUT2D eigenvalue weighted by atomic mass is 32.2. The molecule has 1 aliphatic carbocycles. The fourth-order valence-electron chi connectivity index (χ4n) is 2.28. The van der Waals surface area contributed by atoms with Crippen molar-refractivity contribution in [2.45, 2.75) is 31.2 Å². The van der Waals surface area contributed by atoms with E-state index in [2.05, 4.69) is 10.1 Å². The van der Waals surface area contributed by atoms with Gasteiger partial charge in [-0.1, -0.05) is 30.3 Å². The molecule has 2 N–H and O–H groups in total. The van der Waals surface area contributed by atoms with Crippen molar-refractivity contribution in [3.05, 3.63) is 47.5 Å². The van der Waals surface area contributed by atoms with Crippen molar-refractivity contribution in [3.8, 4) is 0 Å². The number of rotatable bonds is 8. The first-order valence-electron chi connectivity index (χ1n) is 7.63. The van der Waals surface area contributed by atoms with Crippen LogP contribution >= 0.6 is 11.8 Å². The van der Waals surface area contributed by atoms with E-state index in [1.807, 2.05) is 42.1 Å². The molecule has 0 bridgehead atoms. The molecule has 1 saturated carbocycles. The Bertz CT molecular complexity index is 599. The SMILES string of the molecule is OCCn1nc([C@H](O)c2ccccc2)nc1CSCC1CC1. The minimum Gasteiger partial charge on any atom is -0.394 e. The zero-order valence-corrected chi connectivity index (χ0v) is 13.2. The van der Waals surface area contributed by atoms with Crippen LogP contribution in [0.1, 0.15) is 36.2 Å². The van der Waals surface area contributed by atoms with Gasteiger partial charge < -0.3 is 10.2 Å². The Balaban J connectivity index is 1.72. The summed E-state index contributed by atoms with van der Waals surface area (Å²) in [7, 11) is 0. The van der Waals surface area contributed by atoms with Gasteiger partial charge in [0.1, 0.15) is 11.9 Å². The summed E-state index contributed by atoms with van der Waals surface area (Å²) in [5.74, 6) is 4.02. The van der Waals surface area contributed by atoms with Crippen LogP contribution in [0.25, 0.3) is 0 Å². The Morgan fingerprint density at radius 2 is 2.05 bits per heavy atom. The lowest BCUT2D eigenvalue weighted by atomic mass is 10.1. The second-order valence-electron chi connectivity index (χ2n) is 5.60. The van der Waals surface area contributed by atoms with Gasteiger partial charge in [0.15, 0.2) is 5.82 Å². The molecule has 1 atom stereocenters. The maximum Gasteiger partial charge on any atom is 0.184 e. The Labute approximate surface area is 134 Å². The standard InChI is InChI=1S/C16H21N3O2S/c20-9-8-19-14(11-22-10-12-6-7-12)17-16(18-19)15(21)13-4-2-1-3-5-13/h1-5,12,15,20-21H,6-11H2/t15-/m1/s1. The molecule has 1 aromatic heterocycles. The second kappa shape index (κ2) is 7.26. The van der Waals surface area contributed by atoms with Crippen molar-refractivity contribution in [2.24, 2.45) is 5.92 Å². The van der Waals surface area contributed by atoms with Gasteiger partial charge in [-0.05, 0) is 30.1 Å². The van der Waals surface area contributed by atoms with E-state index in [0.29, 0.717) is 12.4 Å². The minimum atomic E-state index is -0.826. The number of hydrogen-bond acceptors (Lipinski definition) is 5. The number of nitrogens with zero attached hydrogens (tertiary/aromatic N) is 3. The Morgan fingerprint density at radius 1 is 1.27 bits per heavy atom. The Morgan fingerprint density at radius 3 is 2.73 bits per heavy atom. The molecule has 3 rings (SSSR count). The molecule has 2 aromatic rings. The van der Waals surface area contributed by atoms with Gasteiger partial charge in [-0.15, -0.1) is 0 Å². The van der Waals surface area contributed by atoms with Gasteiger partial charge in [0.05, 0.1) is 18.9 Å². The van der Waals surface area contributed by atoms with Crippen molar-refractivity contribution in [3.63, 3.8) is 0 Å². The summed E-state index contributed by atoms with van der Waals surface area (Å²) < 4.78 is 1.71. The molecule has 6 heteroatoms. The van der Waals surface area contributed by atoms with Crippen LogP contribution in [-0.2, 0) is 12.3 Å². The van der Waals surface area contributed by atoms with Crippen molar-refractivity contribution >= 4 is 11.8 Å². The molecule has 1 aromatic carbocycles. The molecular formula is C16H21N3O2S. The van der Waals surface area contributed by atoms with Gasteiger partial charge in [-0.2, -0.15) is 16.9 Å². The van der Waals surface area contributed by atoms with Gasteiger partial charge in [-0.25, -0.2) is 9.67 Å². The molecule has 22 heavy (non-hydrogen) atoms. The maximum absolute atomic E-state index is 10.4. The van der Waals surface area contributed by atoms with Gasteiger partial charge in [0.2, 0.25) is 0 Å². The van der Waals surface area contributed by atoms with Crippen LogP contribution in [0.15, 0.2) is 30.3 Å². The average Bonchev–Trinajstić information content (AvgIpc) is 3.29. The number of thioether (sulfide) groups is 1. The molecule has 0 unspecified atom stereocenters. The van der Waals surface area contributed by atoms with Crippen LogP contribution in [-0.4, -0.2) is 37.3 Å². The molecule has 118 valence electrons. The van der Waals surface area contributed by atoms with Gasteiger partial charge in [0.25, 0.3) is 0 Å². The van der Waals surface area contributed by atoms with Crippen molar-refractivity contribution in [2.75, 3.05) is 12.4 Å². The van der Waals surface area contributed by atoms with Crippen LogP contribution in [0.2, 0.25) is 0 Å². The molecule has 0 amide bonds. The van der Waals surface area contributed by atoms with Crippen LogP contribution in [0.4, 0.5) is 0 Å². The summed E-state index contributed by atoms with van der Waals surface area (Å²) in [5.41, 5.74) is 0.779. The molecule has 1 heterocycles. The predicted octanol–water partition coefficient (Wildman–Crippen LogP) is 2.00. The Kier molecular flexibility index (Phi) is 5.12. The van der Waals surface area contributed by atoms with Crippen LogP contribution in [0, 0.1) is 5.92 Å². The lowest BCUT2D eigenvalue weighted by Crippen LogP contribution is -2.09. The molecule has 0 saturated heterocycles. The number of benzene rings is 1. The van der Waals surface area contributed by atoms with Crippen LogP contribution in [0.5, 0.6) is 0 Å². The summed E-state index contributed by atoms with van der Waals surface area (Å²) in [5, 5.41) is 24.0. The maximum atomic E-state index is 10.4. The third-order valence-electron chi connectivity index (χ3n) is 3.72. The fourth-order valence-corrected chi connectivity index (χ4v) is 3.46. The smallest absolute Gasteiger partial charge is 0.184 e. The summed E-state index contributed by atoms with van der Waals surface area (Å²) >= 11 is 1.85. The highest BCUT2D eigenvalue weighted by molar-refractivity contribution is 7.98. The number of hydrogen-bond donors (Lipinski definition) is 2. The molecule has 5 nitrogen and oxygen atoms in total. The topological polar surface area (TPSA) is 71.2 Å². The predicted molar refractivity (Wildman–Crippen MR) is 86.5 cm³/mol. The van der Waals surface area contributed by atoms with Crippen molar-refractivity contribution < 1.29 is 10.2 Å². The quantitative estimate of drug-likeness (QED) is 0.779. The van der Waals surface area contributed by atoms with E-state index in [-0.39, 0.29) is 6.61 Å². The van der Waals surface area contributed by atoms with E-state index in [1.165, 1.54) is 12.8 Å². The van der Waals surface area contributed by atoms with E-state index in [4.69, 9.17) is 0 Å². The van der Waals surface area contributed by atoms with E-state index in [1.54, 1.807) is 4.68 Å². The number of aliphatic hydroxyl groups excluding tert-OH is 2. The van der Waals surface area contributed by atoms with E-state index >= 15 is 0 Å². The summed E-state index contributed by atoms with van der Waals surface area (Å²) in [6, 6.07) is 9.40. The zero-order chi connectivity index (χ0) is 15.4. The second-order valence-corrected chi connectivity index (χ2v) is 6.63. The van der Waals surface area contributed by atoms with E-state index in [0.717, 1.165) is 28.8 Å². The van der Waals surface area contributed by atoms with E-state index < -0.39 is 6.10 Å². The van der Waals surface area contributed by atoms with Crippen LogP contribution < -0.4 is 0 Å². The molecule has 1 aliphatic rings. The first-order chi connectivity index (χ1) is 10.8. The minimum absolute atomic E-state index is 0.0184. The summed E-state index contributed by atoms with van der Waals surface area (Å²) in [6.07, 6.45) is 1.86. The zero-order valence-electron chi connectivity index (χ0n) is 12.4. The largest absolute Gasteiger partial charge is 0.394 e. The highest BCUT2D eigenvalue weighted by Crippen LogP contribution is 2.33. The first kappa shape index (κ1) is 15.5. The summed E-state index contributed by atoms with van der Waals surface area (Å²) in [4.78, 5) is 4.49. The lowest BCUT2D eigenvalue weighted by molar-refractivity contribution is 0.208.